The van der Waals surface area contributed by atoms with Gasteiger partial charge in [0.2, 0.25) is 0 Å². The van der Waals surface area contributed by atoms with Crippen molar-refractivity contribution in [3.63, 3.8) is 0 Å². The summed E-state index contributed by atoms with van der Waals surface area (Å²) in [6, 6.07) is 3.14. The van der Waals surface area contributed by atoms with Crippen molar-refractivity contribution in [3.8, 4) is 5.75 Å². The van der Waals surface area contributed by atoms with Crippen LogP contribution in [0.4, 0.5) is 4.39 Å². The lowest BCUT2D eigenvalue weighted by Crippen LogP contribution is -2.27. The molecule has 1 heterocycles. The van der Waals surface area contributed by atoms with Gasteiger partial charge in [-0.1, -0.05) is 0 Å². The Balaban J connectivity index is 2.12. The van der Waals surface area contributed by atoms with Crippen molar-refractivity contribution in [2.24, 2.45) is 0 Å². The summed E-state index contributed by atoms with van der Waals surface area (Å²) in [7, 11) is 0. The number of benzene rings is 1. The molecule has 100 valence electrons. The first-order valence-corrected chi connectivity index (χ1v) is 6.56. The topological polar surface area (TPSA) is 62.2 Å². The van der Waals surface area contributed by atoms with Gasteiger partial charge < -0.3 is 10.4 Å². The lowest BCUT2D eigenvalue weighted by molar-refractivity contribution is 0.0935. The van der Waals surface area contributed by atoms with Crippen molar-refractivity contribution in [2.45, 2.75) is 19.9 Å². The van der Waals surface area contributed by atoms with E-state index in [1.165, 1.54) is 23.5 Å². The smallest absolute Gasteiger partial charge is 0.254 e. The van der Waals surface area contributed by atoms with Gasteiger partial charge in [0.05, 0.1) is 11.6 Å². The number of rotatable bonds is 3. The van der Waals surface area contributed by atoms with Crippen LogP contribution in [-0.2, 0) is 0 Å². The Morgan fingerprint density at radius 3 is 2.84 bits per heavy atom. The van der Waals surface area contributed by atoms with Crippen molar-refractivity contribution < 1.29 is 14.3 Å². The second-order valence-corrected chi connectivity index (χ2v) is 5.08. The second kappa shape index (κ2) is 5.36. The highest BCUT2D eigenvalue weighted by Crippen LogP contribution is 2.19. The number of phenolic OH excluding ortho intramolecular Hbond substituents is 1. The van der Waals surface area contributed by atoms with Gasteiger partial charge in [0.15, 0.2) is 0 Å². The number of aromatic hydroxyl groups is 1. The highest BCUT2D eigenvalue weighted by atomic mass is 32.1. The van der Waals surface area contributed by atoms with E-state index in [1.54, 1.807) is 6.92 Å². The Bertz CT molecular complexity index is 612. The van der Waals surface area contributed by atoms with E-state index in [0.717, 1.165) is 16.8 Å². The maximum atomic E-state index is 13.5. The largest absolute Gasteiger partial charge is 0.508 e. The number of carbonyl (C=O) groups is 1. The summed E-state index contributed by atoms with van der Waals surface area (Å²) in [5, 5.41) is 14.4. The fourth-order valence-corrected chi connectivity index (χ4v) is 2.40. The quantitative estimate of drug-likeness (QED) is 0.908. The molecule has 0 saturated heterocycles. The van der Waals surface area contributed by atoms with Crippen LogP contribution in [0.1, 0.15) is 34.0 Å². The minimum absolute atomic E-state index is 0.0991. The van der Waals surface area contributed by atoms with Crippen LogP contribution in [0.2, 0.25) is 0 Å². The van der Waals surface area contributed by atoms with Gasteiger partial charge in [-0.3, -0.25) is 4.79 Å². The van der Waals surface area contributed by atoms with E-state index in [4.69, 9.17) is 5.11 Å². The van der Waals surface area contributed by atoms with Crippen LogP contribution >= 0.6 is 11.3 Å². The van der Waals surface area contributed by atoms with Gasteiger partial charge in [-0.2, -0.15) is 0 Å². The van der Waals surface area contributed by atoms with Crippen LogP contribution in [0.25, 0.3) is 0 Å². The summed E-state index contributed by atoms with van der Waals surface area (Å²) in [6.45, 7) is 3.66. The SMILES string of the molecule is Cc1csc(C(C)NC(=O)c2ccc(O)cc2F)n1. The summed E-state index contributed by atoms with van der Waals surface area (Å²) in [5.41, 5.74) is 0.787. The van der Waals surface area contributed by atoms with Crippen molar-refractivity contribution in [2.75, 3.05) is 0 Å². The van der Waals surface area contributed by atoms with Gasteiger partial charge in [-0.15, -0.1) is 11.3 Å². The Morgan fingerprint density at radius 1 is 1.53 bits per heavy atom. The molecule has 0 fully saturated rings. The number of hydrogen-bond donors (Lipinski definition) is 2. The van der Waals surface area contributed by atoms with E-state index >= 15 is 0 Å². The van der Waals surface area contributed by atoms with E-state index in [2.05, 4.69) is 10.3 Å². The molecule has 2 rings (SSSR count). The molecule has 0 spiro atoms. The van der Waals surface area contributed by atoms with Gasteiger partial charge in [0, 0.05) is 17.1 Å². The van der Waals surface area contributed by atoms with E-state index in [0.29, 0.717) is 0 Å². The molecule has 4 nitrogen and oxygen atoms in total. The molecule has 1 aromatic heterocycles. The van der Waals surface area contributed by atoms with Gasteiger partial charge in [-0.25, -0.2) is 9.37 Å². The Kier molecular flexibility index (Phi) is 3.80. The maximum Gasteiger partial charge on any atom is 0.254 e. The number of aryl methyl sites for hydroxylation is 1. The first kappa shape index (κ1) is 13.5. The summed E-state index contributed by atoms with van der Waals surface area (Å²) >= 11 is 1.44. The number of phenols is 1. The molecule has 0 saturated carbocycles. The third-order valence-electron chi connectivity index (χ3n) is 2.55. The standard InChI is InChI=1S/C13H13FN2O2S/c1-7-6-19-13(15-7)8(2)16-12(18)10-4-3-9(17)5-11(10)14/h3-6,8,17H,1-2H3,(H,16,18). The zero-order valence-electron chi connectivity index (χ0n) is 10.5. The highest BCUT2D eigenvalue weighted by molar-refractivity contribution is 7.09. The maximum absolute atomic E-state index is 13.5. The fraction of sp³-hybridized carbons (Fsp3) is 0.231. The number of nitrogens with zero attached hydrogens (tertiary/aromatic N) is 1. The lowest BCUT2D eigenvalue weighted by Gasteiger charge is -2.11. The molecule has 0 radical (unpaired) electrons. The Hall–Kier alpha value is -1.95. The van der Waals surface area contributed by atoms with Crippen molar-refractivity contribution >= 4 is 17.2 Å². The summed E-state index contributed by atoms with van der Waals surface area (Å²) in [5.74, 6) is -1.49. The summed E-state index contributed by atoms with van der Waals surface area (Å²) in [6.07, 6.45) is 0. The number of nitrogens with one attached hydrogen (secondary N) is 1. The number of amides is 1. The van der Waals surface area contributed by atoms with E-state index in [9.17, 15) is 9.18 Å². The van der Waals surface area contributed by atoms with Crippen LogP contribution in [0.3, 0.4) is 0 Å². The minimum Gasteiger partial charge on any atom is -0.508 e. The normalized spacial score (nSPS) is 12.2. The van der Waals surface area contributed by atoms with Crippen LogP contribution in [0, 0.1) is 12.7 Å². The van der Waals surface area contributed by atoms with Gasteiger partial charge in [0.25, 0.3) is 5.91 Å². The molecule has 6 heteroatoms. The molecule has 1 amide bonds. The minimum atomic E-state index is -0.750. The molecular formula is C13H13FN2O2S. The number of halogens is 1. The lowest BCUT2D eigenvalue weighted by atomic mass is 10.2. The van der Waals surface area contributed by atoms with Crippen LogP contribution in [0.5, 0.6) is 5.75 Å². The number of hydrogen-bond acceptors (Lipinski definition) is 4. The predicted octanol–water partition coefficient (Wildman–Crippen LogP) is 2.79. The number of aromatic nitrogens is 1. The van der Waals surface area contributed by atoms with Crippen LogP contribution in [-0.4, -0.2) is 16.0 Å². The summed E-state index contributed by atoms with van der Waals surface area (Å²) in [4.78, 5) is 16.2. The predicted molar refractivity (Wildman–Crippen MR) is 70.8 cm³/mol. The van der Waals surface area contributed by atoms with E-state index in [-0.39, 0.29) is 17.4 Å². The highest BCUT2D eigenvalue weighted by Gasteiger charge is 2.17. The zero-order chi connectivity index (χ0) is 14.0. The Labute approximate surface area is 113 Å². The third kappa shape index (κ3) is 3.08. The van der Waals surface area contributed by atoms with Crippen LogP contribution in [0.15, 0.2) is 23.6 Å². The summed E-state index contributed by atoms with van der Waals surface area (Å²) < 4.78 is 13.5. The van der Waals surface area contributed by atoms with Gasteiger partial charge in [0.1, 0.15) is 16.6 Å². The van der Waals surface area contributed by atoms with Crippen molar-refractivity contribution in [3.05, 3.63) is 45.7 Å². The van der Waals surface area contributed by atoms with E-state index < -0.39 is 11.7 Å². The Morgan fingerprint density at radius 2 is 2.26 bits per heavy atom. The monoisotopic (exact) mass is 280 g/mol. The molecule has 0 aliphatic heterocycles. The average Bonchev–Trinajstić information content (AvgIpc) is 2.75. The molecule has 19 heavy (non-hydrogen) atoms. The molecule has 0 aliphatic carbocycles. The van der Waals surface area contributed by atoms with Crippen LogP contribution < -0.4 is 5.32 Å². The molecule has 1 atom stereocenters. The third-order valence-corrected chi connectivity index (χ3v) is 3.70. The number of carbonyl (C=O) groups excluding carboxylic acids is 1. The number of thiazole rings is 1. The van der Waals surface area contributed by atoms with Crippen molar-refractivity contribution in [1.82, 2.24) is 10.3 Å². The zero-order valence-corrected chi connectivity index (χ0v) is 11.3. The van der Waals surface area contributed by atoms with Crippen molar-refractivity contribution in [1.29, 1.82) is 0 Å². The molecule has 2 N–H and O–H groups in total. The molecule has 0 bridgehead atoms. The average molecular weight is 280 g/mol. The first-order valence-electron chi connectivity index (χ1n) is 5.69. The van der Waals surface area contributed by atoms with Gasteiger partial charge in [-0.05, 0) is 26.0 Å². The van der Waals surface area contributed by atoms with Gasteiger partial charge >= 0.3 is 0 Å². The molecule has 2 aromatic rings. The molecule has 0 aliphatic rings. The molecular weight excluding hydrogens is 267 g/mol. The fourth-order valence-electron chi connectivity index (χ4n) is 1.60. The first-order chi connectivity index (χ1) is 8.97. The second-order valence-electron chi connectivity index (χ2n) is 4.19. The molecule has 1 aromatic carbocycles. The van der Waals surface area contributed by atoms with E-state index in [1.807, 2.05) is 12.3 Å². The molecule has 1 unspecified atom stereocenters.